The lowest BCUT2D eigenvalue weighted by Gasteiger charge is -2.25. The molecule has 7 heteroatoms. The molecule has 4 nitrogen and oxygen atoms in total. The largest absolute Gasteiger partial charge is 0.477 e. The Kier molecular flexibility index (Phi) is 6.61. The summed E-state index contributed by atoms with van der Waals surface area (Å²) in [5.74, 6) is 0.514. The number of nitrogens with one attached hydrogen (secondary N) is 1. The van der Waals surface area contributed by atoms with Gasteiger partial charge in [0.2, 0.25) is 5.88 Å². The van der Waals surface area contributed by atoms with Gasteiger partial charge in [-0.25, -0.2) is 4.98 Å². The molecule has 142 valence electrons. The molecule has 1 aromatic carbocycles. The summed E-state index contributed by atoms with van der Waals surface area (Å²) in [5.41, 5.74) is -1.21. The Labute approximate surface area is 151 Å². The van der Waals surface area contributed by atoms with Crippen molar-refractivity contribution in [2.75, 3.05) is 13.2 Å². The topological polar surface area (TPSA) is 54.4 Å². The van der Waals surface area contributed by atoms with Crippen LogP contribution in [0.2, 0.25) is 0 Å². The number of alkyl halides is 3. The molecule has 0 spiro atoms. The average Bonchev–Trinajstić information content (AvgIpc) is 2.60. The summed E-state index contributed by atoms with van der Waals surface area (Å²) >= 11 is 0. The van der Waals surface area contributed by atoms with E-state index in [0.717, 1.165) is 24.1 Å². The minimum absolute atomic E-state index is 0.0798. The summed E-state index contributed by atoms with van der Waals surface area (Å²) in [7, 11) is 0. The van der Waals surface area contributed by atoms with E-state index in [1.807, 2.05) is 13.0 Å². The smallest absolute Gasteiger partial charge is 0.416 e. The molecule has 26 heavy (non-hydrogen) atoms. The number of ether oxygens (including phenoxy) is 1. The van der Waals surface area contributed by atoms with E-state index in [-0.39, 0.29) is 12.1 Å². The third kappa shape index (κ3) is 5.44. The van der Waals surface area contributed by atoms with E-state index in [9.17, 15) is 18.3 Å². The zero-order valence-corrected chi connectivity index (χ0v) is 14.8. The molecular formula is C19H23F3N2O2. The highest BCUT2D eigenvalue weighted by Gasteiger charge is 2.32. The lowest BCUT2D eigenvalue weighted by atomic mass is 9.94. The van der Waals surface area contributed by atoms with Gasteiger partial charge in [0, 0.05) is 24.8 Å². The average molecular weight is 368 g/mol. The van der Waals surface area contributed by atoms with Gasteiger partial charge < -0.3 is 15.2 Å². The molecule has 0 saturated carbocycles. The van der Waals surface area contributed by atoms with Gasteiger partial charge in [-0.05, 0) is 37.1 Å². The van der Waals surface area contributed by atoms with Crippen molar-refractivity contribution in [1.82, 2.24) is 10.3 Å². The summed E-state index contributed by atoms with van der Waals surface area (Å²) in [6.07, 6.45) is -1.96. The Morgan fingerprint density at radius 2 is 1.88 bits per heavy atom. The van der Waals surface area contributed by atoms with Crippen LogP contribution in [0.25, 0.3) is 0 Å². The van der Waals surface area contributed by atoms with E-state index in [1.54, 1.807) is 12.3 Å². The molecule has 1 heterocycles. The second kappa shape index (κ2) is 8.51. The molecule has 0 amide bonds. The first-order chi connectivity index (χ1) is 12.2. The molecule has 0 aliphatic rings. The van der Waals surface area contributed by atoms with Gasteiger partial charge in [0.15, 0.2) is 0 Å². The fourth-order valence-corrected chi connectivity index (χ4v) is 2.46. The minimum Gasteiger partial charge on any atom is -0.477 e. The van der Waals surface area contributed by atoms with Gasteiger partial charge in [-0.2, -0.15) is 13.2 Å². The van der Waals surface area contributed by atoms with Gasteiger partial charge in [-0.15, -0.1) is 0 Å². The molecule has 0 radical (unpaired) electrons. The summed E-state index contributed by atoms with van der Waals surface area (Å²) in [6.45, 7) is 4.48. The van der Waals surface area contributed by atoms with E-state index in [2.05, 4.69) is 10.3 Å². The van der Waals surface area contributed by atoms with Gasteiger partial charge >= 0.3 is 6.18 Å². The van der Waals surface area contributed by atoms with Gasteiger partial charge in [0.1, 0.15) is 0 Å². The van der Waals surface area contributed by atoms with Crippen LogP contribution in [0.3, 0.4) is 0 Å². The molecule has 2 aromatic rings. The van der Waals surface area contributed by atoms with Crippen LogP contribution in [0.15, 0.2) is 42.6 Å². The number of benzene rings is 1. The highest BCUT2D eigenvalue weighted by Crippen LogP contribution is 2.32. The highest BCUT2D eigenvalue weighted by molar-refractivity contribution is 5.30. The van der Waals surface area contributed by atoms with Crippen LogP contribution in [-0.2, 0) is 18.3 Å². The second-order valence-electron chi connectivity index (χ2n) is 6.27. The summed E-state index contributed by atoms with van der Waals surface area (Å²) in [5, 5.41) is 13.7. The fourth-order valence-electron chi connectivity index (χ4n) is 2.46. The predicted molar refractivity (Wildman–Crippen MR) is 92.7 cm³/mol. The van der Waals surface area contributed by atoms with E-state index >= 15 is 0 Å². The van der Waals surface area contributed by atoms with Gasteiger partial charge in [-0.3, -0.25) is 0 Å². The Balaban J connectivity index is 2.03. The maximum Gasteiger partial charge on any atom is 0.416 e. The molecule has 0 saturated heterocycles. The van der Waals surface area contributed by atoms with Crippen molar-refractivity contribution in [1.29, 1.82) is 0 Å². The Morgan fingerprint density at radius 3 is 2.58 bits per heavy atom. The summed E-state index contributed by atoms with van der Waals surface area (Å²) in [4.78, 5) is 4.18. The van der Waals surface area contributed by atoms with E-state index in [0.29, 0.717) is 19.0 Å². The van der Waals surface area contributed by atoms with Crippen molar-refractivity contribution in [2.24, 2.45) is 0 Å². The number of pyridine rings is 1. The van der Waals surface area contributed by atoms with Crippen molar-refractivity contribution >= 4 is 0 Å². The number of hydrogen-bond acceptors (Lipinski definition) is 4. The molecule has 1 unspecified atom stereocenters. The second-order valence-corrected chi connectivity index (χ2v) is 6.27. The summed E-state index contributed by atoms with van der Waals surface area (Å²) < 4.78 is 44.1. The SMILES string of the molecule is CCCOc1ncccc1CNCC(C)(O)c1cccc(C(F)(F)F)c1. The van der Waals surface area contributed by atoms with Gasteiger partial charge in [-0.1, -0.05) is 25.1 Å². The predicted octanol–water partition coefficient (Wildman–Crippen LogP) is 3.89. The molecule has 2 N–H and O–H groups in total. The van der Waals surface area contributed by atoms with Crippen molar-refractivity contribution in [3.63, 3.8) is 0 Å². The van der Waals surface area contributed by atoms with Crippen molar-refractivity contribution in [3.8, 4) is 5.88 Å². The summed E-state index contributed by atoms with van der Waals surface area (Å²) in [6, 6.07) is 8.37. The first kappa shape index (κ1) is 20.2. The maximum atomic E-state index is 12.9. The van der Waals surface area contributed by atoms with Crippen LogP contribution < -0.4 is 10.1 Å². The minimum atomic E-state index is -4.44. The van der Waals surface area contributed by atoms with Crippen LogP contribution in [-0.4, -0.2) is 23.2 Å². The van der Waals surface area contributed by atoms with Crippen molar-refractivity contribution < 1.29 is 23.0 Å². The quantitative estimate of drug-likeness (QED) is 0.742. The van der Waals surface area contributed by atoms with Crippen LogP contribution in [0.4, 0.5) is 13.2 Å². The van der Waals surface area contributed by atoms with Crippen molar-refractivity contribution in [3.05, 3.63) is 59.3 Å². The van der Waals surface area contributed by atoms with Crippen molar-refractivity contribution in [2.45, 2.75) is 38.6 Å². The Morgan fingerprint density at radius 1 is 1.15 bits per heavy atom. The number of halogens is 3. The number of nitrogens with zero attached hydrogens (tertiary/aromatic N) is 1. The molecular weight excluding hydrogens is 345 g/mol. The first-order valence-corrected chi connectivity index (χ1v) is 8.41. The van der Waals surface area contributed by atoms with Crippen LogP contribution >= 0.6 is 0 Å². The number of rotatable bonds is 8. The Bertz CT molecular complexity index is 718. The third-order valence-corrected chi connectivity index (χ3v) is 3.89. The standard InChI is InChI=1S/C19H23F3N2O2/c1-3-10-26-17-14(6-5-9-24-17)12-23-13-18(2,25)15-7-4-8-16(11-15)19(20,21)22/h4-9,11,23,25H,3,10,12-13H2,1-2H3. The normalized spacial score (nSPS) is 14.1. The fraction of sp³-hybridized carbons (Fsp3) is 0.421. The first-order valence-electron chi connectivity index (χ1n) is 8.41. The van der Waals surface area contributed by atoms with Gasteiger partial charge in [0.25, 0.3) is 0 Å². The van der Waals surface area contributed by atoms with Crippen LogP contribution in [0.1, 0.15) is 37.0 Å². The van der Waals surface area contributed by atoms with Gasteiger partial charge in [0.05, 0.1) is 17.8 Å². The number of aromatic nitrogens is 1. The zero-order valence-electron chi connectivity index (χ0n) is 14.8. The lowest BCUT2D eigenvalue weighted by Crippen LogP contribution is -2.35. The molecule has 0 bridgehead atoms. The molecule has 0 fully saturated rings. The maximum absolute atomic E-state index is 12.9. The van der Waals surface area contributed by atoms with Crippen LogP contribution in [0, 0.1) is 0 Å². The number of hydrogen-bond donors (Lipinski definition) is 2. The lowest BCUT2D eigenvalue weighted by molar-refractivity contribution is -0.137. The highest BCUT2D eigenvalue weighted by atomic mass is 19.4. The molecule has 0 aliphatic carbocycles. The van der Waals surface area contributed by atoms with E-state index < -0.39 is 17.3 Å². The molecule has 2 rings (SSSR count). The molecule has 1 atom stereocenters. The molecule has 1 aromatic heterocycles. The molecule has 0 aliphatic heterocycles. The third-order valence-electron chi connectivity index (χ3n) is 3.89. The van der Waals surface area contributed by atoms with E-state index in [1.165, 1.54) is 19.1 Å². The zero-order chi connectivity index (χ0) is 19.2. The van der Waals surface area contributed by atoms with E-state index in [4.69, 9.17) is 4.74 Å². The monoisotopic (exact) mass is 368 g/mol. The Hall–Kier alpha value is -2.12. The number of aliphatic hydroxyl groups is 1. The van der Waals surface area contributed by atoms with Crippen LogP contribution in [0.5, 0.6) is 5.88 Å².